The smallest absolute Gasteiger partial charge is 0.322 e. The average molecular weight is 169 g/mol. The highest BCUT2D eigenvalue weighted by atomic mass is 16.5. The molecule has 3 nitrogen and oxygen atoms in total. The second-order valence-electron chi connectivity index (χ2n) is 2.39. The molecular weight excluding hydrogens is 154 g/mol. The van der Waals surface area contributed by atoms with Crippen LogP contribution in [0.4, 0.5) is 0 Å². The molecule has 0 saturated heterocycles. The lowest BCUT2D eigenvalue weighted by atomic mass is 10.2. The van der Waals surface area contributed by atoms with E-state index in [2.05, 4.69) is 16.0 Å². The number of esters is 1. The van der Waals surface area contributed by atoms with Crippen LogP contribution in [0.25, 0.3) is 0 Å². The van der Waals surface area contributed by atoms with Crippen LogP contribution in [0.5, 0.6) is 0 Å². The van der Waals surface area contributed by atoms with Crippen molar-refractivity contribution in [2.45, 2.75) is 25.8 Å². The van der Waals surface area contributed by atoms with Gasteiger partial charge in [-0.2, -0.15) is 0 Å². The fourth-order valence-corrected chi connectivity index (χ4v) is 0.855. The molecule has 0 aliphatic heterocycles. The van der Waals surface area contributed by atoms with Crippen molar-refractivity contribution >= 4 is 5.97 Å². The van der Waals surface area contributed by atoms with Gasteiger partial charge in [-0.05, 0) is 6.42 Å². The number of ether oxygens (including phenoxy) is 1. The molecule has 0 amide bonds. The van der Waals surface area contributed by atoms with Crippen LogP contribution in [-0.4, -0.2) is 25.7 Å². The summed E-state index contributed by atoms with van der Waals surface area (Å²) in [4.78, 5) is 11.0. The van der Waals surface area contributed by atoms with Crippen molar-refractivity contribution in [1.82, 2.24) is 5.32 Å². The lowest BCUT2D eigenvalue weighted by Gasteiger charge is -2.12. The van der Waals surface area contributed by atoms with Gasteiger partial charge < -0.3 is 10.1 Å². The molecule has 0 aromatic carbocycles. The zero-order valence-corrected chi connectivity index (χ0v) is 7.59. The number of rotatable bonds is 5. The highest BCUT2D eigenvalue weighted by Crippen LogP contribution is 1.93. The van der Waals surface area contributed by atoms with Gasteiger partial charge in [-0.25, -0.2) is 0 Å². The summed E-state index contributed by atoms with van der Waals surface area (Å²) in [7, 11) is 1.38. The normalized spacial score (nSPS) is 11.8. The minimum absolute atomic E-state index is 0.219. The third-order valence-corrected chi connectivity index (χ3v) is 1.55. The monoisotopic (exact) mass is 169 g/mol. The summed E-state index contributed by atoms with van der Waals surface area (Å²) in [6.45, 7) is 2.58. The predicted octanol–water partition coefficient (Wildman–Crippen LogP) is 0.551. The molecule has 0 radical (unpaired) electrons. The molecule has 1 unspecified atom stereocenters. The molecule has 0 rings (SSSR count). The molecule has 0 aromatic heterocycles. The van der Waals surface area contributed by atoms with Crippen molar-refractivity contribution < 1.29 is 9.53 Å². The summed E-state index contributed by atoms with van der Waals surface area (Å²) < 4.78 is 4.58. The van der Waals surface area contributed by atoms with E-state index in [4.69, 9.17) is 6.42 Å². The Balaban J connectivity index is 3.69. The minimum atomic E-state index is -0.227. The highest BCUT2D eigenvalue weighted by molar-refractivity contribution is 5.75. The quantitative estimate of drug-likeness (QED) is 0.371. The van der Waals surface area contributed by atoms with Crippen molar-refractivity contribution in [3.63, 3.8) is 0 Å². The molecule has 0 aliphatic carbocycles. The van der Waals surface area contributed by atoms with Crippen LogP contribution >= 0.6 is 0 Å². The molecule has 0 spiro atoms. The topological polar surface area (TPSA) is 38.3 Å². The molecule has 1 atom stereocenters. The Kier molecular flexibility index (Phi) is 6.12. The van der Waals surface area contributed by atoms with Gasteiger partial charge in [-0.1, -0.05) is 6.92 Å². The Bertz CT molecular complexity index is 172. The van der Waals surface area contributed by atoms with E-state index >= 15 is 0 Å². The lowest BCUT2D eigenvalue weighted by molar-refractivity contribution is -0.143. The van der Waals surface area contributed by atoms with Gasteiger partial charge in [-0.3, -0.25) is 4.79 Å². The zero-order valence-electron chi connectivity index (χ0n) is 7.59. The summed E-state index contributed by atoms with van der Waals surface area (Å²) in [6.07, 6.45) is 6.41. The largest absolute Gasteiger partial charge is 0.468 e. The second kappa shape index (κ2) is 6.68. The van der Waals surface area contributed by atoms with Gasteiger partial charge in [0.15, 0.2) is 0 Å². The maximum absolute atomic E-state index is 11.0. The first-order valence-electron chi connectivity index (χ1n) is 4.00. The van der Waals surface area contributed by atoms with Gasteiger partial charge in [0.2, 0.25) is 0 Å². The van der Waals surface area contributed by atoms with Crippen LogP contribution in [0.1, 0.15) is 19.8 Å². The van der Waals surface area contributed by atoms with Gasteiger partial charge in [-0.15, -0.1) is 12.3 Å². The first-order valence-corrected chi connectivity index (χ1v) is 4.00. The minimum Gasteiger partial charge on any atom is -0.468 e. The van der Waals surface area contributed by atoms with E-state index in [9.17, 15) is 4.79 Å². The molecule has 0 aromatic rings. The van der Waals surface area contributed by atoms with Crippen LogP contribution in [0.2, 0.25) is 0 Å². The van der Waals surface area contributed by atoms with Gasteiger partial charge >= 0.3 is 5.97 Å². The van der Waals surface area contributed by atoms with Crippen LogP contribution in [0.3, 0.4) is 0 Å². The summed E-state index contributed by atoms with van der Waals surface area (Å²) in [6, 6.07) is -0.219. The first kappa shape index (κ1) is 11.0. The number of hydrogen-bond acceptors (Lipinski definition) is 3. The van der Waals surface area contributed by atoms with Crippen molar-refractivity contribution in [1.29, 1.82) is 0 Å². The maximum Gasteiger partial charge on any atom is 0.322 e. The van der Waals surface area contributed by atoms with Crippen LogP contribution in [0, 0.1) is 12.3 Å². The van der Waals surface area contributed by atoms with E-state index in [1.807, 2.05) is 6.92 Å². The summed E-state index contributed by atoms with van der Waals surface area (Å²) in [5.41, 5.74) is 0. The van der Waals surface area contributed by atoms with E-state index in [0.29, 0.717) is 13.0 Å². The van der Waals surface area contributed by atoms with E-state index in [1.54, 1.807) is 0 Å². The zero-order chi connectivity index (χ0) is 9.40. The molecule has 0 aliphatic rings. The van der Waals surface area contributed by atoms with E-state index in [1.165, 1.54) is 7.11 Å². The van der Waals surface area contributed by atoms with Crippen LogP contribution < -0.4 is 5.32 Å². The molecule has 12 heavy (non-hydrogen) atoms. The predicted molar refractivity (Wildman–Crippen MR) is 47.5 cm³/mol. The number of hydrogen-bond donors (Lipinski definition) is 1. The third kappa shape index (κ3) is 3.99. The molecule has 68 valence electrons. The standard InChI is InChI=1S/C9H15NO2/c1-4-6-7-10-8(5-2)9(11)12-3/h1,8,10H,5-7H2,2-3H3. The summed E-state index contributed by atoms with van der Waals surface area (Å²) >= 11 is 0. The van der Waals surface area contributed by atoms with Crippen molar-refractivity contribution in [3.8, 4) is 12.3 Å². The molecular formula is C9H15NO2. The first-order chi connectivity index (χ1) is 5.76. The maximum atomic E-state index is 11.0. The molecule has 0 heterocycles. The summed E-state index contributed by atoms with van der Waals surface area (Å²) in [5, 5.41) is 3.00. The van der Waals surface area contributed by atoms with Crippen molar-refractivity contribution in [3.05, 3.63) is 0 Å². The molecule has 1 N–H and O–H groups in total. The fourth-order valence-electron chi connectivity index (χ4n) is 0.855. The molecule has 0 saturated carbocycles. The number of methoxy groups -OCH3 is 1. The van der Waals surface area contributed by atoms with E-state index in [-0.39, 0.29) is 12.0 Å². The molecule has 0 fully saturated rings. The Morgan fingerprint density at radius 3 is 2.83 bits per heavy atom. The molecule has 3 heteroatoms. The van der Waals surface area contributed by atoms with Crippen molar-refractivity contribution in [2.75, 3.05) is 13.7 Å². The Labute approximate surface area is 73.5 Å². The fraction of sp³-hybridized carbons (Fsp3) is 0.667. The van der Waals surface area contributed by atoms with Crippen LogP contribution in [-0.2, 0) is 9.53 Å². The molecule has 0 bridgehead atoms. The van der Waals surface area contributed by atoms with E-state index in [0.717, 1.165) is 6.42 Å². The number of carbonyl (C=O) groups is 1. The highest BCUT2D eigenvalue weighted by Gasteiger charge is 2.14. The lowest BCUT2D eigenvalue weighted by Crippen LogP contribution is -2.37. The van der Waals surface area contributed by atoms with Gasteiger partial charge in [0.25, 0.3) is 0 Å². The summed E-state index contributed by atoms with van der Waals surface area (Å²) in [5.74, 6) is 2.26. The van der Waals surface area contributed by atoms with Crippen molar-refractivity contribution in [2.24, 2.45) is 0 Å². The number of nitrogens with one attached hydrogen (secondary N) is 1. The Morgan fingerprint density at radius 2 is 2.42 bits per heavy atom. The van der Waals surface area contributed by atoms with E-state index < -0.39 is 0 Å². The van der Waals surface area contributed by atoms with Gasteiger partial charge in [0.05, 0.1) is 7.11 Å². The second-order valence-corrected chi connectivity index (χ2v) is 2.39. The Hall–Kier alpha value is -1.01. The SMILES string of the molecule is C#CCCNC(CC)C(=O)OC. The number of carbonyl (C=O) groups excluding carboxylic acids is 1. The van der Waals surface area contributed by atoms with Gasteiger partial charge in [0.1, 0.15) is 6.04 Å². The average Bonchev–Trinajstić information content (AvgIpc) is 2.11. The van der Waals surface area contributed by atoms with Gasteiger partial charge in [0, 0.05) is 13.0 Å². The number of terminal acetylenes is 1. The Morgan fingerprint density at radius 1 is 1.75 bits per heavy atom. The third-order valence-electron chi connectivity index (χ3n) is 1.55. The van der Waals surface area contributed by atoms with Crippen LogP contribution in [0.15, 0.2) is 0 Å².